The molecule has 1 saturated heterocycles. The average molecular weight is 184 g/mol. The van der Waals surface area contributed by atoms with Crippen LogP contribution in [0.5, 0.6) is 0 Å². The van der Waals surface area contributed by atoms with Crippen molar-refractivity contribution in [2.75, 3.05) is 13.1 Å². The van der Waals surface area contributed by atoms with E-state index in [2.05, 4.69) is 32.6 Å². The summed E-state index contributed by atoms with van der Waals surface area (Å²) < 4.78 is 0. The van der Waals surface area contributed by atoms with Crippen molar-refractivity contribution < 1.29 is 0 Å². The molecule has 2 nitrogen and oxygen atoms in total. The summed E-state index contributed by atoms with van der Waals surface area (Å²) in [4.78, 5) is 2.54. The lowest BCUT2D eigenvalue weighted by molar-refractivity contribution is 0.221. The van der Waals surface area contributed by atoms with Crippen LogP contribution in [0.2, 0.25) is 0 Å². The molecule has 3 atom stereocenters. The highest BCUT2D eigenvalue weighted by Gasteiger charge is 2.29. The molecular weight excluding hydrogens is 160 g/mol. The van der Waals surface area contributed by atoms with Gasteiger partial charge in [0.05, 0.1) is 0 Å². The number of nitrogens with zero attached hydrogens (tertiary/aromatic N) is 1. The van der Waals surface area contributed by atoms with Crippen molar-refractivity contribution in [2.24, 2.45) is 17.6 Å². The molecule has 0 amide bonds. The van der Waals surface area contributed by atoms with Crippen molar-refractivity contribution in [3.05, 3.63) is 0 Å². The number of hydrogen-bond donors (Lipinski definition) is 1. The van der Waals surface area contributed by atoms with Crippen LogP contribution in [-0.4, -0.2) is 30.1 Å². The minimum atomic E-state index is 0.398. The molecule has 0 radical (unpaired) electrons. The molecule has 1 aliphatic heterocycles. The maximum absolute atomic E-state index is 6.00. The van der Waals surface area contributed by atoms with Crippen molar-refractivity contribution in [3.8, 4) is 0 Å². The second-order valence-electron chi connectivity index (χ2n) is 5.07. The molecule has 0 bridgehead atoms. The van der Waals surface area contributed by atoms with E-state index in [-0.39, 0.29) is 0 Å². The van der Waals surface area contributed by atoms with Crippen LogP contribution < -0.4 is 5.73 Å². The zero-order valence-electron chi connectivity index (χ0n) is 9.46. The van der Waals surface area contributed by atoms with Crippen molar-refractivity contribution >= 4 is 0 Å². The van der Waals surface area contributed by atoms with E-state index in [0.29, 0.717) is 18.0 Å². The van der Waals surface area contributed by atoms with Crippen LogP contribution in [-0.2, 0) is 0 Å². The summed E-state index contributed by atoms with van der Waals surface area (Å²) in [5.41, 5.74) is 6.00. The summed E-state index contributed by atoms with van der Waals surface area (Å²) in [6.07, 6.45) is 1.29. The molecule has 0 aromatic carbocycles. The molecule has 78 valence electrons. The van der Waals surface area contributed by atoms with E-state index in [1.54, 1.807) is 0 Å². The first-order valence-electron chi connectivity index (χ1n) is 5.50. The Labute approximate surface area is 82.5 Å². The van der Waals surface area contributed by atoms with E-state index >= 15 is 0 Å². The zero-order chi connectivity index (χ0) is 10.0. The molecular formula is C11H24N2. The third-order valence-electron chi connectivity index (χ3n) is 3.13. The van der Waals surface area contributed by atoms with E-state index in [4.69, 9.17) is 5.73 Å². The number of nitrogens with two attached hydrogens (primary N) is 1. The maximum atomic E-state index is 6.00. The van der Waals surface area contributed by atoms with Gasteiger partial charge in [-0.2, -0.15) is 0 Å². The molecule has 3 unspecified atom stereocenters. The summed E-state index contributed by atoms with van der Waals surface area (Å²) in [7, 11) is 0. The highest BCUT2D eigenvalue weighted by molar-refractivity contribution is 4.86. The Morgan fingerprint density at radius 3 is 2.31 bits per heavy atom. The van der Waals surface area contributed by atoms with E-state index in [1.807, 2.05) is 0 Å². The van der Waals surface area contributed by atoms with E-state index in [1.165, 1.54) is 13.0 Å². The van der Waals surface area contributed by atoms with Gasteiger partial charge in [-0.1, -0.05) is 20.8 Å². The molecule has 2 N–H and O–H groups in total. The Kier molecular flexibility index (Phi) is 3.74. The Morgan fingerprint density at radius 1 is 1.31 bits per heavy atom. The monoisotopic (exact) mass is 184 g/mol. The Balaban J connectivity index is 2.37. The van der Waals surface area contributed by atoms with Crippen LogP contribution in [0, 0.1) is 11.8 Å². The minimum absolute atomic E-state index is 0.398. The SMILES string of the molecule is CC(C)CC(C)N1CC(C)C(N)C1. The lowest BCUT2D eigenvalue weighted by Crippen LogP contribution is -2.34. The molecule has 0 spiro atoms. The summed E-state index contributed by atoms with van der Waals surface area (Å²) in [6, 6.07) is 1.10. The second-order valence-corrected chi connectivity index (χ2v) is 5.07. The third-order valence-corrected chi connectivity index (χ3v) is 3.13. The second kappa shape index (κ2) is 4.43. The number of rotatable bonds is 3. The number of hydrogen-bond acceptors (Lipinski definition) is 2. The quantitative estimate of drug-likeness (QED) is 0.723. The molecule has 1 aliphatic rings. The molecule has 0 aliphatic carbocycles. The van der Waals surface area contributed by atoms with Gasteiger partial charge in [-0.15, -0.1) is 0 Å². The smallest absolute Gasteiger partial charge is 0.0206 e. The zero-order valence-corrected chi connectivity index (χ0v) is 9.46. The highest BCUT2D eigenvalue weighted by Crippen LogP contribution is 2.20. The van der Waals surface area contributed by atoms with Gasteiger partial charge in [-0.25, -0.2) is 0 Å². The molecule has 2 heteroatoms. The third kappa shape index (κ3) is 2.96. The van der Waals surface area contributed by atoms with Gasteiger partial charge in [0, 0.05) is 25.2 Å². The maximum Gasteiger partial charge on any atom is 0.0206 e. The molecule has 0 saturated carbocycles. The average Bonchev–Trinajstić information content (AvgIpc) is 2.31. The van der Waals surface area contributed by atoms with Gasteiger partial charge in [0.25, 0.3) is 0 Å². The van der Waals surface area contributed by atoms with Gasteiger partial charge in [0.1, 0.15) is 0 Å². The van der Waals surface area contributed by atoms with Crippen LogP contribution in [0.15, 0.2) is 0 Å². The minimum Gasteiger partial charge on any atom is -0.326 e. The van der Waals surface area contributed by atoms with E-state index in [0.717, 1.165) is 12.5 Å². The largest absolute Gasteiger partial charge is 0.326 e. The first-order chi connectivity index (χ1) is 6.00. The Morgan fingerprint density at radius 2 is 1.92 bits per heavy atom. The molecule has 1 heterocycles. The lowest BCUT2D eigenvalue weighted by Gasteiger charge is -2.25. The molecule has 13 heavy (non-hydrogen) atoms. The summed E-state index contributed by atoms with van der Waals surface area (Å²) >= 11 is 0. The predicted molar refractivity (Wildman–Crippen MR) is 57.6 cm³/mol. The molecule has 0 aromatic rings. The highest BCUT2D eigenvalue weighted by atomic mass is 15.2. The number of likely N-dealkylation sites (tertiary alicyclic amines) is 1. The van der Waals surface area contributed by atoms with Crippen molar-refractivity contribution in [2.45, 2.75) is 46.2 Å². The van der Waals surface area contributed by atoms with Crippen LogP contribution in [0.25, 0.3) is 0 Å². The van der Waals surface area contributed by atoms with Crippen LogP contribution in [0.3, 0.4) is 0 Å². The van der Waals surface area contributed by atoms with Gasteiger partial charge in [-0.3, -0.25) is 4.90 Å². The molecule has 1 fully saturated rings. The van der Waals surface area contributed by atoms with Gasteiger partial charge in [0.15, 0.2) is 0 Å². The summed E-state index contributed by atoms with van der Waals surface area (Å²) in [5.74, 6) is 1.47. The first kappa shape index (κ1) is 11.0. The fourth-order valence-electron chi connectivity index (χ4n) is 2.22. The normalized spacial score (nSPS) is 32.8. The topological polar surface area (TPSA) is 29.3 Å². The van der Waals surface area contributed by atoms with Gasteiger partial charge < -0.3 is 5.73 Å². The van der Waals surface area contributed by atoms with Crippen LogP contribution in [0.1, 0.15) is 34.1 Å². The predicted octanol–water partition coefficient (Wildman–Crippen LogP) is 1.70. The van der Waals surface area contributed by atoms with Crippen LogP contribution in [0.4, 0.5) is 0 Å². The standard InChI is InChI=1S/C11H24N2/c1-8(2)5-10(4)13-6-9(3)11(12)7-13/h8-11H,5-7,12H2,1-4H3. The fraction of sp³-hybridized carbons (Fsp3) is 1.00. The van der Waals surface area contributed by atoms with Crippen molar-refractivity contribution in [1.82, 2.24) is 4.90 Å². The molecule has 0 aromatic heterocycles. The van der Waals surface area contributed by atoms with E-state index < -0.39 is 0 Å². The molecule has 1 rings (SSSR count). The van der Waals surface area contributed by atoms with Gasteiger partial charge in [-0.05, 0) is 25.2 Å². The summed E-state index contributed by atoms with van der Waals surface area (Å²) in [5, 5.41) is 0. The Bertz CT molecular complexity index is 146. The van der Waals surface area contributed by atoms with Gasteiger partial charge >= 0.3 is 0 Å². The first-order valence-corrected chi connectivity index (χ1v) is 5.50. The van der Waals surface area contributed by atoms with Crippen LogP contribution >= 0.6 is 0 Å². The Hall–Kier alpha value is -0.0800. The van der Waals surface area contributed by atoms with E-state index in [9.17, 15) is 0 Å². The van der Waals surface area contributed by atoms with Crippen molar-refractivity contribution in [1.29, 1.82) is 0 Å². The van der Waals surface area contributed by atoms with Crippen molar-refractivity contribution in [3.63, 3.8) is 0 Å². The summed E-state index contributed by atoms with van der Waals surface area (Å²) in [6.45, 7) is 11.4. The fourth-order valence-corrected chi connectivity index (χ4v) is 2.22. The lowest BCUT2D eigenvalue weighted by atomic mass is 10.0. The van der Waals surface area contributed by atoms with Gasteiger partial charge in [0.2, 0.25) is 0 Å².